The first kappa shape index (κ1) is 20.9. The third-order valence-electron chi connectivity index (χ3n) is 5.56. The molecule has 0 aromatic heterocycles. The van der Waals surface area contributed by atoms with Gasteiger partial charge in [-0.25, -0.2) is 0 Å². The number of hydrogen-bond acceptors (Lipinski definition) is 5. The van der Waals surface area contributed by atoms with Crippen molar-refractivity contribution in [2.45, 2.75) is 32.5 Å². The second-order valence-corrected chi connectivity index (χ2v) is 7.67. The third-order valence-corrected chi connectivity index (χ3v) is 5.56. The lowest BCUT2D eigenvalue weighted by Crippen LogP contribution is -2.33. The van der Waals surface area contributed by atoms with Crippen LogP contribution in [0, 0.1) is 6.92 Å². The fourth-order valence-corrected chi connectivity index (χ4v) is 3.88. The summed E-state index contributed by atoms with van der Waals surface area (Å²) in [4.78, 5) is 5.02. The highest BCUT2D eigenvalue weighted by Crippen LogP contribution is 2.39. The number of aromatic hydroxyl groups is 1. The molecule has 0 saturated heterocycles. The van der Waals surface area contributed by atoms with Gasteiger partial charge in [0, 0.05) is 23.7 Å². The van der Waals surface area contributed by atoms with E-state index in [2.05, 4.69) is 36.5 Å². The number of hydrogen-bond donors (Lipinski definition) is 2. The summed E-state index contributed by atoms with van der Waals surface area (Å²) in [6.07, 6.45) is 0.435. The second-order valence-electron chi connectivity index (χ2n) is 7.67. The van der Waals surface area contributed by atoms with Crippen molar-refractivity contribution < 1.29 is 14.6 Å². The molecule has 0 spiro atoms. The lowest BCUT2D eigenvalue weighted by molar-refractivity contribution is 0.313. The van der Waals surface area contributed by atoms with E-state index in [1.165, 1.54) is 5.56 Å². The van der Waals surface area contributed by atoms with E-state index in [1.807, 2.05) is 43.3 Å². The number of methoxy groups -OCH3 is 1. The van der Waals surface area contributed by atoms with Gasteiger partial charge in [-0.05, 0) is 55.3 Å². The first-order chi connectivity index (χ1) is 15.1. The fourth-order valence-electron chi connectivity index (χ4n) is 3.88. The molecule has 3 aromatic carbocycles. The average Bonchev–Trinajstić information content (AvgIpc) is 2.81. The van der Waals surface area contributed by atoms with Crippen LogP contribution in [0.25, 0.3) is 0 Å². The molecule has 0 fully saturated rings. The van der Waals surface area contributed by atoms with Crippen molar-refractivity contribution in [3.8, 4) is 17.2 Å². The van der Waals surface area contributed by atoms with E-state index in [0.717, 1.165) is 28.2 Å². The van der Waals surface area contributed by atoms with Gasteiger partial charge >= 0.3 is 0 Å². The molecule has 1 aliphatic heterocycles. The molecular formula is C26H28N2O3. The van der Waals surface area contributed by atoms with Gasteiger partial charge in [0.2, 0.25) is 0 Å². The van der Waals surface area contributed by atoms with E-state index >= 15 is 0 Å². The molecule has 0 bridgehead atoms. The Balaban J connectivity index is 1.73. The van der Waals surface area contributed by atoms with E-state index in [-0.39, 0.29) is 18.0 Å². The van der Waals surface area contributed by atoms with Crippen LogP contribution in [0.15, 0.2) is 71.7 Å². The highest BCUT2D eigenvalue weighted by molar-refractivity contribution is 6.01. The first-order valence-electron chi connectivity index (χ1n) is 10.6. The predicted molar refractivity (Wildman–Crippen MR) is 123 cm³/mol. The van der Waals surface area contributed by atoms with Gasteiger partial charge in [-0.2, -0.15) is 0 Å². The number of benzene rings is 3. The minimum absolute atomic E-state index is 0.110. The summed E-state index contributed by atoms with van der Waals surface area (Å²) in [6.45, 7) is 4.48. The Bertz CT molecular complexity index is 1060. The molecule has 0 radical (unpaired) electrons. The summed E-state index contributed by atoms with van der Waals surface area (Å²) in [5.41, 5.74) is 5.13. The summed E-state index contributed by atoms with van der Waals surface area (Å²) in [5, 5.41) is 14.5. The summed E-state index contributed by atoms with van der Waals surface area (Å²) in [7, 11) is 1.66. The summed E-state index contributed by atoms with van der Waals surface area (Å²) in [5.74, 6) is 1.50. The molecule has 0 amide bonds. The van der Waals surface area contributed by atoms with E-state index in [0.29, 0.717) is 18.8 Å². The monoisotopic (exact) mass is 416 g/mol. The number of rotatable bonds is 6. The van der Waals surface area contributed by atoms with Crippen LogP contribution in [0.5, 0.6) is 17.2 Å². The molecule has 1 heterocycles. The van der Waals surface area contributed by atoms with Gasteiger partial charge < -0.3 is 14.6 Å². The Morgan fingerprint density at radius 1 is 1.03 bits per heavy atom. The maximum absolute atomic E-state index is 10.9. The van der Waals surface area contributed by atoms with E-state index in [1.54, 1.807) is 13.2 Å². The number of aliphatic imine (C=N–C) groups is 1. The van der Waals surface area contributed by atoms with E-state index < -0.39 is 0 Å². The van der Waals surface area contributed by atoms with Crippen LogP contribution < -0.4 is 14.8 Å². The zero-order valence-electron chi connectivity index (χ0n) is 18.1. The molecule has 160 valence electrons. The molecular weight excluding hydrogens is 388 g/mol. The quantitative estimate of drug-likeness (QED) is 0.570. The number of nitrogens with one attached hydrogen (secondary N) is 1. The smallest absolute Gasteiger partial charge is 0.162 e. The van der Waals surface area contributed by atoms with Gasteiger partial charge in [0.25, 0.3) is 0 Å². The molecule has 2 unspecified atom stereocenters. The molecule has 0 saturated carbocycles. The number of para-hydroxylation sites is 1. The van der Waals surface area contributed by atoms with Crippen LogP contribution in [0.1, 0.15) is 47.8 Å². The lowest BCUT2D eigenvalue weighted by Gasteiger charge is -2.31. The zero-order chi connectivity index (χ0) is 21.8. The fraction of sp³-hybridized carbons (Fsp3) is 0.269. The molecule has 5 nitrogen and oxygen atoms in total. The second kappa shape index (κ2) is 9.23. The highest BCUT2D eigenvalue weighted by Gasteiger charge is 2.28. The third kappa shape index (κ3) is 4.57. The summed E-state index contributed by atoms with van der Waals surface area (Å²) in [6, 6.07) is 21.9. The molecule has 5 heteroatoms. The Morgan fingerprint density at radius 3 is 2.45 bits per heavy atom. The molecule has 3 aromatic rings. The van der Waals surface area contributed by atoms with Gasteiger partial charge in [0.1, 0.15) is 11.9 Å². The SMILES string of the molecule is CCOc1cccc(C2CC(c3ccc(OC)cc3)=NC(c3ccc(C)cc3)N2)c1O. The standard InChI is InChI=1S/C26H28N2O3/c1-4-31-24-7-5-6-21(25(24)29)23-16-22(18-12-14-20(30-3)15-13-18)27-26(28-23)19-10-8-17(2)9-11-19/h5-15,23,26,28-29H,4,16H2,1-3H3. The van der Waals surface area contributed by atoms with Crippen LogP contribution in [-0.2, 0) is 0 Å². The lowest BCUT2D eigenvalue weighted by atomic mass is 9.93. The summed E-state index contributed by atoms with van der Waals surface area (Å²) < 4.78 is 10.9. The van der Waals surface area contributed by atoms with Crippen LogP contribution in [0.4, 0.5) is 0 Å². The molecule has 31 heavy (non-hydrogen) atoms. The van der Waals surface area contributed by atoms with Crippen molar-refractivity contribution in [3.05, 3.63) is 89.0 Å². The average molecular weight is 417 g/mol. The number of nitrogens with zero attached hydrogens (tertiary/aromatic N) is 1. The van der Waals surface area contributed by atoms with Crippen LogP contribution in [0.2, 0.25) is 0 Å². The van der Waals surface area contributed by atoms with Crippen molar-refractivity contribution >= 4 is 5.71 Å². The van der Waals surface area contributed by atoms with Gasteiger partial charge in [-0.1, -0.05) is 42.0 Å². The maximum atomic E-state index is 10.9. The number of phenolic OH excluding ortho intramolecular Hbond substituents is 1. The van der Waals surface area contributed by atoms with E-state index in [4.69, 9.17) is 14.5 Å². The number of ether oxygens (including phenoxy) is 2. The molecule has 2 N–H and O–H groups in total. The van der Waals surface area contributed by atoms with Crippen molar-refractivity contribution in [2.24, 2.45) is 4.99 Å². The number of aryl methyl sites for hydroxylation is 1. The largest absolute Gasteiger partial charge is 0.504 e. The van der Waals surface area contributed by atoms with Crippen molar-refractivity contribution in [2.75, 3.05) is 13.7 Å². The molecule has 1 aliphatic rings. The van der Waals surface area contributed by atoms with Crippen molar-refractivity contribution in [3.63, 3.8) is 0 Å². The minimum atomic E-state index is -0.216. The van der Waals surface area contributed by atoms with Crippen LogP contribution in [-0.4, -0.2) is 24.5 Å². The normalized spacial score (nSPS) is 18.4. The van der Waals surface area contributed by atoms with E-state index in [9.17, 15) is 5.11 Å². The zero-order valence-corrected chi connectivity index (χ0v) is 18.1. The number of phenols is 1. The molecule has 2 atom stereocenters. The van der Waals surface area contributed by atoms with Gasteiger partial charge in [-0.15, -0.1) is 0 Å². The Morgan fingerprint density at radius 2 is 1.77 bits per heavy atom. The predicted octanol–water partition coefficient (Wildman–Crippen LogP) is 5.33. The van der Waals surface area contributed by atoms with Gasteiger partial charge in [-0.3, -0.25) is 10.3 Å². The Kier molecular flexibility index (Phi) is 6.23. The van der Waals surface area contributed by atoms with Crippen LogP contribution >= 0.6 is 0 Å². The van der Waals surface area contributed by atoms with Crippen LogP contribution in [0.3, 0.4) is 0 Å². The minimum Gasteiger partial charge on any atom is -0.504 e. The highest BCUT2D eigenvalue weighted by atomic mass is 16.5. The van der Waals surface area contributed by atoms with Crippen molar-refractivity contribution in [1.29, 1.82) is 0 Å². The summed E-state index contributed by atoms with van der Waals surface area (Å²) >= 11 is 0. The van der Waals surface area contributed by atoms with Crippen molar-refractivity contribution in [1.82, 2.24) is 5.32 Å². The topological polar surface area (TPSA) is 63.1 Å². The maximum Gasteiger partial charge on any atom is 0.162 e. The van der Waals surface area contributed by atoms with Gasteiger partial charge in [0.15, 0.2) is 11.5 Å². The Hall–Kier alpha value is -3.31. The first-order valence-corrected chi connectivity index (χ1v) is 10.6. The molecule has 0 aliphatic carbocycles. The molecule has 4 rings (SSSR count). The Labute approximate surface area is 183 Å². The van der Waals surface area contributed by atoms with Gasteiger partial charge in [0.05, 0.1) is 13.7 Å².